The third kappa shape index (κ3) is 1.57. The first-order valence-electron chi connectivity index (χ1n) is 4.21. The maximum absolute atomic E-state index is 12.9. The molecule has 0 aromatic heterocycles. The van der Waals surface area contributed by atoms with Gasteiger partial charge in [0.25, 0.3) is 0 Å². The van der Waals surface area contributed by atoms with Crippen molar-refractivity contribution in [2.24, 2.45) is 0 Å². The Morgan fingerprint density at radius 2 is 2.31 bits per heavy atom. The fourth-order valence-electron chi connectivity index (χ4n) is 1.53. The Hall–Kier alpha value is -0.570. The van der Waals surface area contributed by atoms with Gasteiger partial charge in [-0.25, -0.2) is 4.39 Å². The Bertz CT molecular complexity index is 336. The van der Waals surface area contributed by atoms with Crippen LogP contribution in [0.3, 0.4) is 0 Å². The number of ether oxygens (including phenoxy) is 1. The Morgan fingerprint density at radius 1 is 1.54 bits per heavy atom. The molecule has 70 valence electrons. The number of alkyl halides is 1. The zero-order chi connectivity index (χ0) is 9.47. The summed E-state index contributed by atoms with van der Waals surface area (Å²) in [6.07, 6.45) is 0.908. The number of benzene rings is 1. The smallest absolute Gasteiger partial charge is 0.126 e. The van der Waals surface area contributed by atoms with E-state index >= 15 is 0 Å². The standard InChI is InChI=1S/C10H10BrFO/c1-10(11)4-5-13-9-6-7(12)2-3-8(9)10/h2-3,6H,4-5H2,1H3. The van der Waals surface area contributed by atoms with Gasteiger partial charge in [0.05, 0.1) is 10.9 Å². The molecular weight excluding hydrogens is 235 g/mol. The second-order valence-electron chi connectivity index (χ2n) is 3.44. The quantitative estimate of drug-likeness (QED) is 0.637. The lowest BCUT2D eigenvalue weighted by Crippen LogP contribution is -2.23. The molecule has 1 aromatic carbocycles. The van der Waals surface area contributed by atoms with Gasteiger partial charge in [-0.1, -0.05) is 22.0 Å². The third-order valence-electron chi connectivity index (χ3n) is 2.33. The average Bonchev–Trinajstić information content (AvgIpc) is 2.02. The van der Waals surface area contributed by atoms with Gasteiger partial charge in [0.2, 0.25) is 0 Å². The number of rotatable bonds is 0. The van der Waals surface area contributed by atoms with Crippen LogP contribution in [0.25, 0.3) is 0 Å². The molecule has 0 spiro atoms. The number of hydrogen-bond acceptors (Lipinski definition) is 1. The molecule has 1 aliphatic rings. The van der Waals surface area contributed by atoms with E-state index in [9.17, 15) is 4.39 Å². The van der Waals surface area contributed by atoms with Crippen molar-refractivity contribution in [3.05, 3.63) is 29.6 Å². The summed E-state index contributed by atoms with van der Waals surface area (Å²) >= 11 is 3.61. The molecule has 0 saturated carbocycles. The maximum Gasteiger partial charge on any atom is 0.126 e. The molecular formula is C10H10BrFO. The van der Waals surface area contributed by atoms with Crippen LogP contribution in [0.5, 0.6) is 5.75 Å². The van der Waals surface area contributed by atoms with Gasteiger partial charge in [0, 0.05) is 18.1 Å². The van der Waals surface area contributed by atoms with Gasteiger partial charge in [0.1, 0.15) is 11.6 Å². The molecule has 1 aromatic rings. The molecule has 13 heavy (non-hydrogen) atoms. The Kier molecular flexibility index (Phi) is 2.06. The molecule has 2 rings (SSSR count). The van der Waals surface area contributed by atoms with Gasteiger partial charge in [-0.3, -0.25) is 0 Å². The van der Waals surface area contributed by atoms with E-state index in [1.54, 1.807) is 6.07 Å². The first-order chi connectivity index (χ1) is 6.09. The molecule has 0 bridgehead atoms. The zero-order valence-electron chi connectivity index (χ0n) is 7.31. The maximum atomic E-state index is 12.9. The summed E-state index contributed by atoms with van der Waals surface area (Å²) in [5.74, 6) is 0.412. The first-order valence-corrected chi connectivity index (χ1v) is 5.01. The van der Waals surface area contributed by atoms with Crippen LogP contribution >= 0.6 is 15.9 Å². The first kappa shape index (κ1) is 9.00. The second-order valence-corrected chi connectivity index (χ2v) is 5.19. The summed E-state index contributed by atoms with van der Waals surface area (Å²) in [6.45, 7) is 2.71. The molecule has 0 amide bonds. The summed E-state index contributed by atoms with van der Waals surface area (Å²) < 4.78 is 18.1. The summed E-state index contributed by atoms with van der Waals surface area (Å²) in [5.41, 5.74) is 1.03. The predicted octanol–water partition coefficient (Wildman–Crippen LogP) is 3.22. The zero-order valence-corrected chi connectivity index (χ0v) is 8.90. The Labute approximate surface area is 85.0 Å². The van der Waals surface area contributed by atoms with Crippen molar-refractivity contribution >= 4 is 15.9 Å². The van der Waals surface area contributed by atoms with Crippen LogP contribution in [0, 0.1) is 5.82 Å². The monoisotopic (exact) mass is 244 g/mol. The Balaban J connectivity index is 2.53. The van der Waals surface area contributed by atoms with Crippen molar-refractivity contribution in [3.8, 4) is 5.75 Å². The van der Waals surface area contributed by atoms with Gasteiger partial charge in [-0.05, 0) is 13.0 Å². The highest BCUT2D eigenvalue weighted by Gasteiger charge is 2.30. The van der Waals surface area contributed by atoms with Crippen LogP contribution in [-0.2, 0) is 4.32 Å². The van der Waals surface area contributed by atoms with E-state index < -0.39 is 0 Å². The van der Waals surface area contributed by atoms with Crippen molar-refractivity contribution in [1.82, 2.24) is 0 Å². The topological polar surface area (TPSA) is 9.23 Å². The van der Waals surface area contributed by atoms with Crippen LogP contribution < -0.4 is 4.74 Å². The van der Waals surface area contributed by atoms with Gasteiger partial charge in [-0.15, -0.1) is 0 Å². The molecule has 0 N–H and O–H groups in total. The second kappa shape index (κ2) is 2.98. The molecule has 1 aliphatic heterocycles. The highest BCUT2D eigenvalue weighted by atomic mass is 79.9. The van der Waals surface area contributed by atoms with Crippen molar-refractivity contribution in [2.75, 3.05) is 6.61 Å². The van der Waals surface area contributed by atoms with E-state index in [0.29, 0.717) is 12.4 Å². The van der Waals surface area contributed by atoms with Gasteiger partial charge < -0.3 is 4.74 Å². The molecule has 0 aliphatic carbocycles. The third-order valence-corrected chi connectivity index (χ3v) is 3.16. The van der Waals surface area contributed by atoms with E-state index in [0.717, 1.165) is 12.0 Å². The molecule has 1 nitrogen and oxygen atoms in total. The largest absolute Gasteiger partial charge is 0.493 e. The molecule has 1 unspecified atom stereocenters. The molecule has 0 fully saturated rings. The predicted molar refractivity (Wildman–Crippen MR) is 52.8 cm³/mol. The highest BCUT2D eigenvalue weighted by molar-refractivity contribution is 9.09. The van der Waals surface area contributed by atoms with Crippen LogP contribution in [0.4, 0.5) is 4.39 Å². The summed E-state index contributed by atoms with van der Waals surface area (Å²) in [5, 5.41) is 0. The van der Waals surface area contributed by atoms with E-state index in [1.165, 1.54) is 12.1 Å². The fourth-order valence-corrected chi connectivity index (χ4v) is 2.02. The SMILES string of the molecule is CC1(Br)CCOc2cc(F)ccc21. The van der Waals surface area contributed by atoms with E-state index in [4.69, 9.17) is 4.74 Å². The van der Waals surface area contributed by atoms with Crippen molar-refractivity contribution in [1.29, 1.82) is 0 Å². The van der Waals surface area contributed by atoms with Crippen molar-refractivity contribution in [2.45, 2.75) is 17.7 Å². The van der Waals surface area contributed by atoms with Crippen LogP contribution in [0.15, 0.2) is 18.2 Å². The molecule has 3 heteroatoms. The minimum absolute atomic E-state index is 0.0751. The Morgan fingerprint density at radius 3 is 3.08 bits per heavy atom. The van der Waals surface area contributed by atoms with E-state index in [1.807, 2.05) is 0 Å². The van der Waals surface area contributed by atoms with Crippen molar-refractivity contribution in [3.63, 3.8) is 0 Å². The summed E-state index contributed by atoms with van der Waals surface area (Å²) in [4.78, 5) is 0. The highest BCUT2D eigenvalue weighted by Crippen LogP contribution is 2.43. The minimum Gasteiger partial charge on any atom is -0.493 e. The lowest BCUT2D eigenvalue weighted by molar-refractivity contribution is 0.263. The number of hydrogen-bond donors (Lipinski definition) is 0. The van der Waals surface area contributed by atoms with E-state index in [2.05, 4.69) is 22.9 Å². The van der Waals surface area contributed by atoms with Crippen LogP contribution in [0.1, 0.15) is 18.9 Å². The minimum atomic E-state index is -0.246. The molecule has 0 radical (unpaired) electrons. The van der Waals surface area contributed by atoms with Crippen molar-refractivity contribution < 1.29 is 9.13 Å². The number of halogens is 2. The van der Waals surface area contributed by atoms with Gasteiger partial charge >= 0.3 is 0 Å². The lowest BCUT2D eigenvalue weighted by atomic mass is 9.95. The average molecular weight is 245 g/mol. The molecule has 1 atom stereocenters. The van der Waals surface area contributed by atoms with Crippen LogP contribution in [0.2, 0.25) is 0 Å². The summed E-state index contributed by atoms with van der Waals surface area (Å²) in [6, 6.07) is 4.68. The fraction of sp³-hybridized carbons (Fsp3) is 0.400. The van der Waals surface area contributed by atoms with E-state index in [-0.39, 0.29) is 10.1 Å². The summed E-state index contributed by atoms with van der Waals surface area (Å²) in [7, 11) is 0. The van der Waals surface area contributed by atoms with Gasteiger partial charge in [0.15, 0.2) is 0 Å². The number of fused-ring (bicyclic) bond motifs is 1. The normalized spacial score (nSPS) is 26.4. The van der Waals surface area contributed by atoms with Crippen LogP contribution in [-0.4, -0.2) is 6.61 Å². The molecule has 1 heterocycles. The molecule has 0 saturated heterocycles. The lowest BCUT2D eigenvalue weighted by Gasteiger charge is -2.30. The van der Waals surface area contributed by atoms with Gasteiger partial charge in [-0.2, -0.15) is 0 Å².